The highest BCUT2D eigenvalue weighted by atomic mass is 16.6. The van der Waals surface area contributed by atoms with Gasteiger partial charge in [-0.2, -0.15) is 0 Å². The second-order valence-electron chi connectivity index (χ2n) is 7.32. The zero-order valence-electron chi connectivity index (χ0n) is 18.6. The van der Waals surface area contributed by atoms with Gasteiger partial charge in [-0.3, -0.25) is 4.79 Å². The van der Waals surface area contributed by atoms with Gasteiger partial charge in [0.1, 0.15) is 12.4 Å². The number of aliphatic hydroxyl groups excluding tert-OH is 2. The molecule has 8 heteroatoms. The van der Waals surface area contributed by atoms with Crippen LogP contribution in [0.25, 0.3) is 0 Å². The fraction of sp³-hybridized carbons (Fsp3) is 0.417. The Morgan fingerprint density at radius 2 is 1.91 bits per heavy atom. The Morgan fingerprint density at radius 1 is 1.16 bits per heavy atom. The monoisotopic (exact) mass is 444 g/mol. The van der Waals surface area contributed by atoms with Crippen LogP contribution in [0.15, 0.2) is 48.5 Å². The molecule has 0 spiro atoms. The van der Waals surface area contributed by atoms with Crippen molar-refractivity contribution in [2.75, 3.05) is 24.8 Å². The summed E-state index contributed by atoms with van der Waals surface area (Å²) in [5, 5.41) is 20.4. The van der Waals surface area contributed by atoms with Gasteiger partial charge in [-0.1, -0.05) is 44.0 Å². The van der Waals surface area contributed by atoms with Crippen LogP contribution >= 0.6 is 0 Å². The largest absolute Gasteiger partial charge is 0.482 e. The van der Waals surface area contributed by atoms with E-state index in [9.17, 15) is 14.7 Å². The summed E-state index contributed by atoms with van der Waals surface area (Å²) >= 11 is 0. The van der Waals surface area contributed by atoms with Crippen LogP contribution in [0.3, 0.4) is 0 Å². The minimum atomic E-state index is -0.561. The molecule has 0 aromatic heterocycles. The summed E-state index contributed by atoms with van der Waals surface area (Å²) < 4.78 is 10.2. The van der Waals surface area contributed by atoms with Gasteiger partial charge in [0.25, 0.3) is 0 Å². The third-order valence-electron chi connectivity index (χ3n) is 4.73. The number of hydrogen-bond acceptors (Lipinski definition) is 7. The summed E-state index contributed by atoms with van der Waals surface area (Å²) in [7, 11) is 0. The van der Waals surface area contributed by atoms with Gasteiger partial charge in [-0.15, -0.1) is 0 Å². The van der Waals surface area contributed by atoms with E-state index in [0.717, 1.165) is 24.0 Å². The molecule has 0 aliphatic rings. The maximum absolute atomic E-state index is 12.2. The van der Waals surface area contributed by atoms with Crippen molar-refractivity contribution < 1.29 is 29.3 Å². The molecule has 2 aromatic carbocycles. The van der Waals surface area contributed by atoms with Crippen LogP contribution in [0, 0.1) is 0 Å². The summed E-state index contributed by atoms with van der Waals surface area (Å²) in [5.41, 5.74) is 5.45. The Balaban J connectivity index is 1.96. The lowest BCUT2D eigenvalue weighted by Crippen LogP contribution is -2.41. The molecule has 2 rings (SSSR count). The van der Waals surface area contributed by atoms with E-state index >= 15 is 0 Å². The lowest BCUT2D eigenvalue weighted by molar-refractivity contribution is -0.147. The highest BCUT2D eigenvalue weighted by Gasteiger charge is 2.13. The van der Waals surface area contributed by atoms with E-state index in [1.165, 1.54) is 11.9 Å². The molecular weight excluding hydrogens is 412 g/mol. The Morgan fingerprint density at radius 3 is 2.56 bits per heavy atom. The van der Waals surface area contributed by atoms with Gasteiger partial charge in [0.05, 0.1) is 18.4 Å². The smallest absolute Gasteiger partial charge is 0.344 e. The number of aliphatic hydroxyl groups is 2. The summed E-state index contributed by atoms with van der Waals surface area (Å²) in [6.07, 6.45) is 2.18. The third kappa shape index (κ3) is 8.30. The summed E-state index contributed by atoms with van der Waals surface area (Å²) in [4.78, 5) is 23.7. The molecule has 1 atom stereocenters. The van der Waals surface area contributed by atoms with E-state index in [2.05, 4.69) is 12.3 Å². The first-order valence-corrected chi connectivity index (χ1v) is 10.7. The van der Waals surface area contributed by atoms with E-state index in [1.54, 1.807) is 30.3 Å². The van der Waals surface area contributed by atoms with E-state index in [4.69, 9.17) is 14.6 Å². The number of amides is 1. The Bertz CT molecular complexity index is 856. The van der Waals surface area contributed by atoms with E-state index in [1.807, 2.05) is 18.2 Å². The molecule has 3 N–H and O–H groups in total. The molecule has 0 saturated carbocycles. The quantitative estimate of drug-likeness (QED) is 0.322. The Hall–Kier alpha value is -2.94. The first kappa shape index (κ1) is 25.3. The molecule has 1 unspecified atom stereocenters. The van der Waals surface area contributed by atoms with Crippen LogP contribution in [0.1, 0.15) is 50.3 Å². The number of anilines is 1. The third-order valence-corrected chi connectivity index (χ3v) is 4.73. The molecule has 1 amide bonds. The fourth-order valence-electron chi connectivity index (χ4n) is 3.05. The van der Waals surface area contributed by atoms with Crippen molar-refractivity contribution >= 4 is 17.6 Å². The second kappa shape index (κ2) is 13.5. The number of rotatable bonds is 13. The van der Waals surface area contributed by atoms with Crippen molar-refractivity contribution in [3.8, 4) is 5.75 Å². The van der Waals surface area contributed by atoms with Crippen molar-refractivity contribution in [2.45, 2.75) is 45.8 Å². The number of nitrogens with one attached hydrogen (secondary N) is 1. The molecule has 0 aliphatic carbocycles. The molecule has 32 heavy (non-hydrogen) atoms. The van der Waals surface area contributed by atoms with Gasteiger partial charge in [-0.05, 0) is 41.8 Å². The van der Waals surface area contributed by atoms with Crippen LogP contribution in [0.4, 0.5) is 5.69 Å². The average molecular weight is 445 g/mol. The number of ether oxygens (including phenoxy) is 2. The van der Waals surface area contributed by atoms with Crippen molar-refractivity contribution in [1.82, 2.24) is 5.43 Å². The molecule has 0 bridgehead atoms. The number of nitrogens with zero attached hydrogens (tertiary/aromatic N) is 1. The SMILES string of the molecule is CCCCC(O)c1ccc(N(NCc2cccc(OCC(=O)OCCO)c2)C(C)=O)cc1. The van der Waals surface area contributed by atoms with Crippen molar-refractivity contribution in [3.05, 3.63) is 59.7 Å². The van der Waals surface area contributed by atoms with Crippen molar-refractivity contribution in [1.29, 1.82) is 0 Å². The molecule has 174 valence electrons. The van der Waals surface area contributed by atoms with Crippen LogP contribution in [-0.4, -0.2) is 41.9 Å². The number of unbranched alkanes of at least 4 members (excludes halogenated alkanes) is 1. The first-order valence-electron chi connectivity index (χ1n) is 10.7. The standard InChI is InChI=1S/C24H32N2O6/c1-3-4-8-23(29)20-9-11-21(12-10-20)26(18(2)28)25-16-19-6-5-7-22(15-19)32-17-24(30)31-14-13-27/h5-7,9-12,15,23,25,27,29H,3-4,8,13-14,16-17H2,1-2H3. The van der Waals surface area contributed by atoms with Gasteiger partial charge in [0, 0.05) is 13.5 Å². The molecule has 0 saturated heterocycles. The Labute approximate surface area is 188 Å². The zero-order valence-corrected chi connectivity index (χ0v) is 18.6. The van der Waals surface area contributed by atoms with Crippen LogP contribution < -0.4 is 15.2 Å². The van der Waals surface area contributed by atoms with Gasteiger partial charge >= 0.3 is 5.97 Å². The molecule has 0 fully saturated rings. The molecule has 2 aromatic rings. The molecule has 0 radical (unpaired) electrons. The van der Waals surface area contributed by atoms with Gasteiger partial charge in [0.15, 0.2) is 6.61 Å². The predicted molar refractivity (Wildman–Crippen MR) is 121 cm³/mol. The van der Waals surface area contributed by atoms with Crippen LogP contribution in [-0.2, 0) is 20.9 Å². The number of benzene rings is 2. The molecule has 0 aliphatic heterocycles. The minimum absolute atomic E-state index is 0.0638. The first-order chi connectivity index (χ1) is 15.4. The summed E-state index contributed by atoms with van der Waals surface area (Å²) in [5.74, 6) is -0.248. The highest BCUT2D eigenvalue weighted by Crippen LogP contribution is 2.22. The number of carbonyl (C=O) groups is 2. The number of hydrazine groups is 1. The molecule has 0 heterocycles. The normalized spacial score (nSPS) is 11.6. The number of carbonyl (C=O) groups excluding carboxylic acids is 2. The lowest BCUT2D eigenvalue weighted by Gasteiger charge is -2.23. The van der Waals surface area contributed by atoms with Gasteiger partial charge in [-0.25, -0.2) is 15.2 Å². The molecule has 8 nitrogen and oxygen atoms in total. The maximum Gasteiger partial charge on any atom is 0.344 e. The van der Waals surface area contributed by atoms with Crippen LogP contribution in [0.2, 0.25) is 0 Å². The van der Waals surface area contributed by atoms with E-state index in [-0.39, 0.29) is 25.7 Å². The van der Waals surface area contributed by atoms with Crippen molar-refractivity contribution in [3.63, 3.8) is 0 Å². The zero-order chi connectivity index (χ0) is 23.3. The fourth-order valence-corrected chi connectivity index (χ4v) is 3.05. The average Bonchev–Trinajstić information content (AvgIpc) is 2.80. The molecular formula is C24H32N2O6. The highest BCUT2D eigenvalue weighted by molar-refractivity contribution is 5.90. The lowest BCUT2D eigenvalue weighted by atomic mass is 10.0. The van der Waals surface area contributed by atoms with Crippen molar-refractivity contribution in [2.24, 2.45) is 0 Å². The second-order valence-corrected chi connectivity index (χ2v) is 7.32. The van der Waals surface area contributed by atoms with E-state index in [0.29, 0.717) is 24.4 Å². The number of esters is 1. The maximum atomic E-state index is 12.2. The minimum Gasteiger partial charge on any atom is -0.482 e. The van der Waals surface area contributed by atoms with E-state index < -0.39 is 12.1 Å². The van der Waals surface area contributed by atoms with Gasteiger partial charge in [0.2, 0.25) is 5.91 Å². The topological polar surface area (TPSA) is 108 Å². The predicted octanol–water partition coefficient (Wildman–Crippen LogP) is 2.88. The number of hydrogen-bond donors (Lipinski definition) is 3. The van der Waals surface area contributed by atoms with Gasteiger partial charge < -0.3 is 19.7 Å². The summed E-state index contributed by atoms with van der Waals surface area (Å²) in [6.45, 7) is 3.35. The van der Waals surface area contributed by atoms with Crippen LogP contribution in [0.5, 0.6) is 5.75 Å². The summed E-state index contributed by atoms with van der Waals surface area (Å²) in [6, 6.07) is 14.4. The Kier molecular flexibility index (Phi) is 10.7.